The van der Waals surface area contributed by atoms with Crippen molar-refractivity contribution in [3.05, 3.63) is 327 Å². The van der Waals surface area contributed by atoms with Crippen molar-refractivity contribution in [1.82, 2.24) is 18.3 Å². The number of nitrogens with zero attached hydrogens (tertiary/aromatic N) is 6. The van der Waals surface area contributed by atoms with E-state index in [0.717, 1.165) is 44.6 Å². The second-order valence-electron chi connectivity index (χ2n) is 23.0. The highest BCUT2D eigenvalue weighted by Crippen LogP contribution is 2.46. The second-order valence-corrected chi connectivity index (χ2v) is 23.0. The molecule has 4 aromatic heterocycles. The first kappa shape index (κ1) is 51.9. The van der Waals surface area contributed by atoms with Crippen LogP contribution in [0, 0.1) is 22.7 Å². The van der Waals surface area contributed by atoms with Gasteiger partial charge in [0, 0.05) is 65.8 Å². The smallest absolute Gasteiger partial charge is 0.0991 e. The fraction of sp³-hybridized carbons (Fsp3) is 0. The highest BCUT2D eigenvalue weighted by atomic mass is 15.0. The standard InChI is InChI=1S/C43H27N3.C41H25N3/c44-28-29-18-22-34(23-19-29)45-39-16-8-7-14-37(39)43-35(15-9-17-41(43)45)32-20-24-36-38-26-31(30-10-3-1-4-11-30)21-25-40(38)46(42(36)27-32)33-12-5-2-6-13-33;42-26-27-20-21-29-25-31(23-22-28(29)24-27)44-37-17-7-5-13-35(37)41-33(15-9-19-39(41)44)32-14-8-18-38-40(32)34-12-4-6-16-36(34)43(38)30-10-2-1-3-11-30/h1-27H;1-25H. The van der Waals surface area contributed by atoms with Crippen LogP contribution < -0.4 is 0 Å². The Morgan fingerprint density at radius 2 is 0.622 bits per heavy atom. The van der Waals surface area contributed by atoms with Crippen LogP contribution >= 0.6 is 0 Å². The molecule has 6 heteroatoms. The maximum absolute atomic E-state index is 9.39. The molecule has 0 saturated carbocycles. The topological polar surface area (TPSA) is 67.3 Å². The van der Waals surface area contributed by atoms with E-state index in [1.165, 1.54) is 110 Å². The lowest BCUT2D eigenvalue weighted by atomic mass is 9.95. The minimum atomic E-state index is 0.656. The molecule has 0 amide bonds. The van der Waals surface area contributed by atoms with Gasteiger partial charge in [-0.25, -0.2) is 0 Å². The fourth-order valence-electron chi connectivity index (χ4n) is 14.1. The van der Waals surface area contributed by atoms with E-state index < -0.39 is 0 Å². The number of para-hydroxylation sites is 5. The highest BCUT2D eigenvalue weighted by Gasteiger charge is 2.23. The lowest BCUT2D eigenvalue weighted by Crippen LogP contribution is -1.94. The third-order valence-electron chi connectivity index (χ3n) is 18.1. The van der Waals surface area contributed by atoms with Crippen molar-refractivity contribution in [2.75, 3.05) is 0 Å². The molecule has 0 aliphatic carbocycles. The van der Waals surface area contributed by atoms with Crippen molar-refractivity contribution in [3.63, 3.8) is 0 Å². The molecular weight excluding hydrogens is 1090 g/mol. The van der Waals surface area contributed by atoms with Gasteiger partial charge in [0.25, 0.3) is 0 Å². The Bertz CT molecular complexity index is 5970. The summed E-state index contributed by atoms with van der Waals surface area (Å²) < 4.78 is 9.45. The van der Waals surface area contributed by atoms with Crippen molar-refractivity contribution in [3.8, 4) is 68.3 Å². The molecule has 0 atom stereocenters. The van der Waals surface area contributed by atoms with E-state index in [2.05, 4.69) is 303 Å². The van der Waals surface area contributed by atoms with Crippen molar-refractivity contribution in [1.29, 1.82) is 10.5 Å². The van der Waals surface area contributed by atoms with Crippen LogP contribution in [0.5, 0.6) is 0 Å². The number of hydrogen-bond donors (Lipinski definition) is 0. The Labute approximate surface area is 518 Å². The van der Waals surface area contributed by atoms with Crippen molar-refractivity contribution in [2.24, 2.45) is 0 Å². The fourth-order valence-corrected chi connectivity index (χ4v) is 14.1. The summed E-state index contributed by atoms with van der Waals surface area (Å²) in [5.74, 6) is 0. The number of hydrogen-bond acceptors (Lipinski definition) is 2. The van der Waals surface area contributed by atoms with Crippen molar-refractivity contribution in [2.45, 2.75) is 0 Å². The van der Waals surface area contributed by atoms with Crippen LogP contribution in [0.15, 0.2) is 315 Å². The molecule has 0 saturated heterocycles. The third kappa shape index (κ3) is 8.32. The molecule has 18 rings (SSSR count). The van der Waals surface area contributed by atoms with Gasteiger partial charge in [0.1, 0.15) is 0 Å². The Morgan fingerprint density at radius 1 is 0.211 bits per heavy atom. The molecule has 0 radical (unpaired) electrons. The van der Waals surface area contributed by atoms with Crippen LogP contribution in [0.1, 0.15) is 11.1 Å². The quantitative estimate of drug-likeness (QED) is 0.160. The lowest BCUT2D eigenvalue weighted by molar-refractivity contribution is 1.18. The maximum atomic E-state index is 9.39. The molecule has 90 heavy (non-hydrogen) atoms. The largest absolute Gasteiger partial charge is 0.309 e. The average molecular weight is 1150 g/mol. The third-order valence-corrected chi connectivity index (χ3v) is 18.1. The van der Waals surface area contributed by atoms with Crippen LogP contribution in [0.3, 0.4) is 0 Å². The molecule has 418 valence electrons. The molecule has 6 nitrogen and oxygen atoms in total. The first-order valence-corrected chi connectivity index (χ1v) is 30.4. The minimum Gasteiger partial charge on any atom is -0.309 e. The summed E-state index contributed by atoms with van der Waals surface area (Å²) in [4.78, 5) is 0. The predicted octanol–water partition coefficient (Wildman–Crippen LogP) is 21.7. The molecule has 14 aromatic carbocycles. The summed E-state index contributed by atoms with van der Waals surface area (Å²) in [5.41, 5.74) is 22.4. The average Bonchev–Trinajstić information content (AvgIpc) is 1.79. The monoisotopic (exact) mass is 1140 g/mol. The molecule has 0 fully saturated rings. The number of aromatic nitrogens is 4. The van der Waals surface area contributed by atoms with Crippen LogP contribution in [0.25, 0.3) is 154 Å². The zero-order chi connectivity index (χ0) is 59.8. The normalized spacial score (nSPS) is 11.5. The van der Waals surface area contributed by atoms with Gasteiger partial charge >= 0.3 is 0 Å². The van der Waals surface area contributed by atoms with E-state index in [-0.39, 0.29) is 0 Å². The van der Waals surface area contributed by atoms with Crippen molar-refractivity contribution >= 4 is 98.0 Å². The van der Waals surface area contributed by atoms with E-state index in [4.69, 9.17) is 0 Å². The summed E-state index contributed by atoms with van der Waals surface area (Å²) in [6.45, 7) is 0. The van der Waals surface area contributed by atoms with E-state index in [1.807, 2.05) is 42.5 Å². The van der Waals surface area contributed by atoms with Gasteiger partial charge in [-0.05, 0) is 172 Å². The highest BCUT2D eigenvalue weighted by molar-refractivity contribution is 6.23. The molecule has 0 aliphatic rings. The van der Waals surface area contributed by atoms with Crippen molar-refractivity contribution < 1.29 is 0 Å². The number of rotatable bonds is 7. The lowest BCUT2D eigenvalue weighted by Gasteiger charge is -2.11. The van der Waals surface area contributed by atoms with E-state index >= 15 is 0 Å². The van der Waals surface area contributed by atoms with Gasteiger partial charge < -0.3 is 18.3 Å². The summed E-state index contributed by atoms with van der Waals surface area (Å²) in [7, 11) is 0. The number of nitriles is 2. The summed E-state index contributed by atoms with van der Waals surface area (Å²) in [5, 5.41) is 30.8. The Kier molecular flexibility index (Phi) is 12.2. The summed E-state index contributed by atoms with van der Waals surface area (Å²) >= 11 is 0. The molecule has 0 spiro atoms. The minimum absolute atomic E-state index is 0.656. The van der Waals surface area contributed by atoms with Gasteiger partial charge in [-0.3, -0.25) is 0 Å². The Morgan fingerprint density at radius 3 is 1.19 bits per heavy atom. The predicted molar refractivity (Wildman–Crippen MR) is 373 cm³/mol. The van der Waals surface area contributed by atoms with Gasteiger partial charge in [0.05, 0.1) is 67.4 Å². The maximum Gasteiger partial charge on any atom is 0.0991 e. The summed E-state index contributed by atoms with van der Waals surface area (Å²) in [6.07, 6.45) is 0. The summed E-state index contributed by atoms with van der Waals surface area (Å²) in [6, 6.07) is 116. The van der Waals surface area contributed by atoms with Gasteiger partial charge in [-0.15, -0.1) is 0 Å². The van der Waals surface area contributed by atoms with E-state index in [1.54, 1.807) is 0 Å². The molecule has 18 aromatic rings. The van der Waals surface area contributed by atoms with Gasteiger partial charge in [-0.1, -0.05) is 188 Å². The molecular formula is C84H52N6. The molecule has 0 unspecified atom stereocenters. The zero-order valence-electron chi connectivity index (χ0n) is 48.7. The Hall–Kier alpha value is -12.5. The van der Waals surface area contributed by atoms with Crippen LogP contribution in [0.4, 0.5) is 0 Å². The molecule has 0 bridgehead atoms. The van der Waals surface area contributed by atoms with Gasteiger partial charge in [0.2, 0.25) is 0 Å². The Balaban J connectivity index is 0.000000139. The molecule has 0 aliphatic heterocycles. The number of benzene rings is 14. The molecule has 0 N–H and O–H groups in total. The first-order chi connectivity index (χ1) is 44.6. The van der Waals surface area contributed by atoms with E-state index in [9.17, 15) is 10.5 Å². The van der Waals surface area contributed by atoms with E-state index in [0.29, 0.717) is 11.1 Å². The molecule has 4 heterocycles. The number of fused-ring (bicyclic) bond motifs is 13. The van der Waals surface area contributed by atoms with Crippen LogP contribution in [-0.2, 0) is 0 Å². The van der Waals surface area contributed by atoms with Gasteiger partial charge in [-0.2, -0.15) is 10.5 Å². The van der Waals surface area contributed by atoms with Gasteiger partial charge in [0.15, 0.2) is 0 Å². The zero-order valence-corrected chi connectivity index (χ0v) is 48.7. The second kappa shape index (κ2) is 21.2. The van der Waals surface area contributed by atoms with Crippen LogP contribution in [0.2, 0.25) is 0 Å². The van der Waals surface area contributed by atoms with Crippen LogP contribution in [-0.4, -0.2) is 18.3 Å². The SMILES string of the molecule is N#Cc1ccc(-n2c3ccccc3c3c(-c4ccc5c6cc(-c7ccccc7)ccc6n(-c6ccccc6)c5c4)cccc32)cc1.N#Cc1ccc2cc(-n3c4ccccc4c4c(-c5cccc6c5c5ccccc5n6-c5ccccc5)cccc43)ccc2c1. The first-order valence-electron chi connectivity index (χ1n) is 30.4.